The third-order valence-corrected chi connectivity index (χ3v) is 5.10. The van der Waals surface area contributed by atoms with Gasteiger partial charge < -0.3 is 0 Å². The van der Waals surface area contributed by atoms with Crippen LogP contribution >= 0.6 is 0 Å². The van der Waals surface area contributed by atoms with E-state index in [1.165, 1.54) is 0 Å². The van der Waals surface area contributed by atoms with Gasteiger partial charge in [0.1, 0.15) is 11.4 Å². The van der Waals surface area contributed by atoms with Crippen LogP contribution in [0.4, 0.5) is 119 Å². The third-order valence-electron chi connectivity index (χ3n) is 5.10. The van der Waals surface area contributed by atoms with Crippen LogP contribution in [-0.4, -0.2) is 42.0 Å². The lowest BCUT2D eigenvalue weighted by molar-refractivity contribution is -0.363. The Morgan fingerprint density at radius 2 is 0.455 bits per heavy atom. The summed E-state index contributed by atoms with van der Waals surface area (Å²) in [6.07, 6.45) is -67.7. The molecule has 0 N–H and O–H groups in total. The van der Waals surface area contributed by atoms with Crippen molar-refractivity contribution in [3.05, 3.63) is 28.1 Å². The van der Waals surface area contributed by atoms with E-state index < -0.39 is 94.5 Å². The van der Waals surface area contributed by atoms with Crippen molar-refractivity contribution in [2.75, 3.05) is 0 Å². The topological polar surface area (TPSA) is 12.9 Å². The number of halogens is 27. The molecule has 0 spiro atoms. The van der Waals surface area contributed by atoms with Gasteiger partial charge in [0, 0.05) is 5.56 Å². The molecule has 258 valence electrons. The Morgan fingerprint density at radius 3 is 0.636 bits per heavy atom. The first kappa shape index (κ1) is 39.3. The van der Waals surface area contributed by atoms with Crippen LogP contribution in [-0.2, 0) is 29.4 Å². The first-order chi connectivity index (χ1) is 18.6. The second kappa shape index (κ2) is 9.88. The lowest BCUT2D eigenvalue weighted by atomic mass is 9.78. The molecular weight excluding hydrogens is 719 g/mol. The van der Waals surface area contributed by atoms with Crippen molar-refractivity contribution in [2.45, 2.75) is 66.4 Å². The molecule has 1 heterocycles. The second-order valence-corrected chi connectivity index (χ2v) is 7.89. The minimum absolute atomic E-state index is 0.226. The van der Waals surface area contributed by atoms with Crippen LogP contribution in [0.1, 0.15) is 28.1 Å². The van der Waals surface area contributed by atoms with Crippen molar-refractivity contribution < 1.29 is 119 Å². The molecule has 1 aromatic rings. The summed E-state index contributed by atoms with van der Waals surface area (Å²) in [4.78, 5) is 0.226. The van der Waals surface area contributed by atoms with Crippen LogP contribution in [0, 0.1) is 0 Å². The van der Waals surface area contributed by atoms with Crippen molar-refractivity contribution in [1.82, 2.24) is 4.98 Å². The molecule has 28 heteroatoms. The van der Waals surface area contributed by atoms with Gasteiger partial charge in [0.25, 0.3) is 0 Å². The van der Waals surface area contributed by atoms with E-state index in [-0.39, 0.29) is 4.98 Å². The molecule has 1 rings (SSSR count). The summed E-state index contributed by atoms with van der Waals surface area (Å²) in [5.74, 6) is 0. The molecule has 44 heavy (non-hydrogen) atoms. The van der Waals surface area contributed by atoms with Gasteiger partial charge in [0.2, 0.25) is 0 Å². The van der Waals surface area contributed by atoms with Gasteiger partial charge in [-0.3, -0.25) is 0 Å². The highest BCUT2D eigenvalue weighted by Crippen LogP contribution is 2.65. The Balaban J connectivity index is 5.46. The molecule has 0 saturated carbocycles. The van der Waals surface area contributed by atoms with Gasteiger partial charge in [-0.05, 0) is 0 Å². The van der Waals surface area contributed by atoms with Crippen molar-refractivity contribution in [3.8, 4) is 0 Å². The average molecular weight is 719 g/mol. The fraction of sp³-hybridized carbons (Fsp3) is 0.688. The van der Waals surface area contributed by atoms with E-state index in [0.717, 1.165) is 0 Å². The van der Waals surface area contributed by atoms with Gasteiger partial charge in [0.15, 0.2) is 0 Å². The number of pyridine rings is 1. The normalized spacial score (nSPS) is 16.1. The van der Waals surface area contributed by atoms with E-state index in [1.54, 1.807) is 0 Å². The molecule has 0 unspecified atom stereocenters. The van der Waals surface area contributed by atoms with E-state index in [2.05, 4.69) is 0 Å². The van der Waals surface area contributed by atoms with Gasteiger partial charge >= 0.3 is 66.4 Å². The zero-order valence-corrected chi connectivity index (χ0v) is 18.7. The Bertz CT molecular complexity index is 1180. The maximum atomic E-state index is 14.8. The fourth-order valence-electron chi connectivity index (χ4n) is 3.28. The van der Waals surface area contributed by atoms with Crippen LogP contribution in [0.25, 0.3) is 0 Å². The van der Waals surface area contributed by atoms with Gasteiger partial charge in [-0.15, -0.1) is 0 Å². The van der Waals surface area contributed by atoms with Crippen LogP contribution in [0.5, 0.6) is 0 Å². The van der Waals surface area contributed by atoms with Crippen molar-refractivity contribution in [2.24, 2.45) is 0 Å². The number of hydrogen-bond donors (Lipinski definition) is 0. The molecular formula is C16F27N. The predicted molar refractivity (Wildman–Crippen MR) is 78.9 cm³/mol. The number of nitrogens with zero attached hydrogens (tertiary/aromatic N) is 1. The number of hydrogen-bond acceptors (Lipinski definition) is 1. The third kappa shape index (κ3) is 5.60. The minimum Gasteiger partial charge on any atom is -0.248 e. The first-order valence-corrected chi connectivity index (χ1v) is 9.30. The number of aromatic nitrogens is 1. The monoisotopic (exact) mass is 719 g/mol. The van der Waals surface area contributed by atoms with Gasteiger partial charge in [-0.2, -0.15) is 105 Å². The molecule has 0 fully saturated rings. The summed E-state index contributed by atoms with van der Waals surface area (Å²) < 4.78 is 364. The standard InChI is InChI=1S/C16F27N/c17-6(11(26,27)28,12(29,30)31)2-1(9(20,21)22)3(10(23,24)25)5(8(19,15(38,39)40)16(41,42)43)44-4(2)7(18,13(32,33)34)14(35,36)37. The van der Waals surface area contributed by atoms with Crippen molar-refractivity contribution in [3.63, 3.8) is 0 Å². The molecule has 1 aromatic heterocycles. The van der Waals surface area contributed by atoms with Crippen molar-refractivity contribution in [1.29, 1.82) is 0 Å². The summed E-state index contributed by atoms with van der Waals surface area (Å²) in [6.45, 7) is 0. The molecule has 0 radical (unpaired) electrons. The molecule has 0 aliphatic carbocycles. The average Bonchev–Trinajstić information content (AvgIpc) is 2.69. The quantitative estimate of drug-likeness (QED) is 0.284. The van der Waals surface area contributed by atoms with Gasteiger partial charge in [-0.1, -0.05) is 0 Å². The van der Waals surface area contributed by atoms with Gasteiger partial charge in [0.05, 0.1) is 11.1 Å². The minimum atomic E-state index is -8.82. The molecule has 0 aliphatic heterocycles. The lowest BCUT2D eigenvalue weighted by Crippen LogP contribution is -2.58. The molecule has 0 aliphatic rings. The highest BCUT2D eigenvalue weighted by molar-refractivity contribution is 5.53. The largest absolute Gasteiger partial charge is 0.437 e. The Morgan fingerprint density at radius 1 is 0.250 bits per heavy atom. The molecule has 0 amide bonds. The first-order valence-electron chi connectivity index (χ1n) is 9.30. The van der Waals surface area contributed by atoms with Crippen LogP contribution in [0.3, 0.4) is 0 Å². The predicted octanol–water partition coefficient (Wildman–Crippen LogP) is 9.99. The summed E-state index contributed by atoms with van der Waals surface area (Å²) in [5.41, 5.74) is -55.0. The van der Waals surface area contributed by atoms with Crippen LogP contribution in [0.15, 0.2) is 0 Å². The maximum Gasteiger partial charge on any atom is 0.437 e. The van der Waals surface area contributed by atoms with Gasteiger partial charge in [-0.25, -0.2) is 18.2 Å². The second-order valence-electron chi connectivity index (χ2n) is 7.89. The molecule has 0 atom stereocenters. The summed E-state index contributed by atoms with van der Waals surface area (Å²) in [6, 6.07) is 0. The zero-order chi connectivity index (χ0) is 36.1. The smallest absolute Gasteiger partial charge is 0.248 e. The van der Waals surface area contributed by atoms with E-state index in [1.807, 2.05) is 0 Å². The summed E-state index contributed by atoms with van der Waals surface area (Å²) >= 11 is 0. The van der Waals surface area contributed by atoms with Crippen LogP contribution < -0.4 is 0 Å². The highest BCUT2D eigenvalue weighted by atomic mass is 19.5. The Kier molecular flexibility index (Phi) is 8.82. The van der Waals surface area contributed by atoms with Crippen molar-refractivity contribution >= 4 is 0 Å². The van der Waals surface area contributed by atoms with E-state index in [0.29, 0.717) is 0 Å². The van der Waals surface area contributed by atoms with E-state index >= 15 is 0 Å². The summed E-state index contributed by atoms with van der Waals surface area (Å²) in [5, 5.41) is 0. The maximum absolute atomic E-state index is 14.8. The Labute approximate surface area is 219 Å². The molecule has 1 nitrogen and oxygen atoms in total. The highest BCUT2D eigenvalue weighted by Gasteiger charge is 2.83. The Hall–Kier alpha value is -2.74. The van der Waals surface area contributed by atoms with E-state index in [4.69, 9.17) is 0 Å². The SMILES string of the molecule is FC(F)(F)c1c(C(F)(C(F)(F)F)C(F)(F)F)nc(C(F)(C(F)(F)F)C(F)(F)F)c(C(F)(C(F)(F)F)C(F)(F)F)c1C(F)(F)F. The molecule has 0 saturated heterocycles. The fourth-order valence-corrected chi connectivity index (χ4v) is 3.28. The molecule has 0 bridgehead atoms. The number of rotatable bonds is 3. The lowest BCUT2D eigenvalue weighted by Gasteiger charge is -2.40. The van der Waals surface area contributed by atoms with E-state index in [9.17, 15) is 119 Å². The number of alkyl halides is 27. The van der Waals surface area contributed by atoms with Crippen LogP contribution in [0.2, 0.25) is 0 Å². The summed E-state index contributed by atoms with van der Waals surface area (Å²) in [7, 11) is 0. The molecule has 0 aromatic carbocycles. The zero-order valence-electron chi connectivity index (χ0n) is 18.7.